The zero-order valence-corrected chi connectivity index (χ0v) is 18.5. The molecule has 0 aliphatic carbocycles. The van der Waals surface area contributed by atoms with Crippen LogP contribution in [-0.4, -0.2) is 28.4 Å². The van der Waals surface area contributed by atoms with Gasteiger partial charge in [0, 0.05) is 22.0 Å². The Kier molecular flexibility index (Phi) is 5.85. The van der Waals surface area contributed by atoms with Gasteiger partial charge in [-0.15, -0.1) is 0 Å². The second kappa shape index (κ2) is 8.76. The van der Waals surface area contributed by atoms with Crippen LogP contribution in [0, 0.1) is 13.8 Å². The fourth-order valence-corrected chi connectivity index (χ4v) is 3.63. The van der Waals surface area contributed by atoms with E-state index in [0.717, 1.165) is 4.90 Å². The summed E-state index contributed by atoms with van der Waals surface area (Å²) in [4.78, 5) is 51.3. The molecule has 1 aromatic heterocycles. The minimum Gasteiger partial charge on any atom is -0.273 e. The van der Waals surface area contributed by atoms with Crippen LogP contribution in [0.5, 0.6) is 0 Å². The molecule has 9 heteroatoms. The van der Waals surface area contributed by atoms with Gasteiger partial charge in [0.2, 0.25) is 0 Å². The van der Waals surface area contributed by atoms with E-state index in [9.17, 15) is 19.2 Å². The van der Waals surface area contributed by atoms with Crippen LogP contribution in [-0.2, 0) is 9.59 Å². The molecule has 0 bridgehead atoms. The molecule has 2 N–H and O–H groups in total. The summed E-state index contributed by atoms with van der Waals surface area (Å²) < 4.78 is 1.58. The van der Waals surface area contributed by atoms with Gasteiger partial charge in [0.25, 0.3) is 17.7 Å². The number of hydrogen-bond donors (Lipinski definition) is 2. The molecule has 8 nitrogen and oxygen atoms in total. The number of hydrogen-bond acceptors (Lipinski definition) is 4. The highest BCUT2D eigenvalue weighted by Gasteiger charge is 2.37. The van der Waals surface area contributed by atoms with Gasteiger partial charge < -0.3 is 0 Å². The largest absolute Gasteiger partial charge is 0.335 e. The fourth-order valence-electron chi connectivity index (χ4n) is 3.50. The average Bonchev–Trinajstić information content (AvgIpc) is 3.05. The molecule has 5 amide bonds. The predicted octanol–water partition coefficient (Wildman–Crippen LogP) is 3.81. The summed E-state index contributed by atoms with van der Waals surface area (Å²) in [5.74, 6) is -1.86. The van der Waals surface area contributed by atoms with Gasteiger partial charge in [0.15, 0.2) is 0 Å². The van der Waals surface area contributed by atoms with Crippen LogP contribution in [0.1, 0.15) is 27.3 Å². The van der Waals surface area contributed by atoms with Crippen molar-refractivity contribution in [3.05, 3.63) is 93.8 Å². The average molecular weight is 463 g/mol. The van der Waals surface area contributed by atoms with Crippen molar-refractivity contribution in [1.82, 2.24) is 9.99 Å². The van der Waals surface area contributed by atoms with Gasteiger partial charge in [-0.1, -0.05) is 29.8 Å². The summed E-state index contributed by atoms with van der Waals surface area (Å²) in [6.45, 7) is 3.53. The minimum atomic E-state index is -0.843. The summed E-state index contributed by atoms with van der Waals surface area (Å²) in [5, 5.41) is 2.63. The van der Waals surface area contributed by atoms with Gasteiger partial charge in [-0.2, -0.15) is 0 Å². The first-order chi connectivity index (χ1) is 15.8. The molecule has 166 valence electrons. The van der Waals surface area contributed by atoms with Gasteiger partial charge in [-0.25, -0.2) is 9.69 Å². The van der Waals surface area contributed by atoms with Crippen molar-refractivity contribution in [3.8, 4) is 0 Å². The Hall–Kier alpha value is -4.17. The van der Waals surface area contributed by atoms with Crippen LogP contribution >= 0.6 is 11.6 Å². The summed E-state index contributed by atoms with van der Waals surface area (Å²) >= 11 is 5.89. The number of aromatic nitrogens is 1. The molecule has 0 saturated carbocycles. The molecule has 2 aromatic carbocycles. The maximum atomic E-state index is 13.1. The van der Waals surface area contributed by atoms with E-state index in [-0.39, 0.29) is 17.2 Å². The van der Waals surface area contributed by atoms with Crippen LogP contribution in [0.4, 0.5) is 10.5 Å². The summed E-state index contributed by atoms with van der Waals surface area (Å²) in [5.41, 5.74) is 5.22. The molecular formula is C24H19ClN4O4. The van der Waals surface area contributed by atoms with E-state index >= 15 is 0 Å². The first-order valence-corrected chi connectivity index (χ1v) is 10.4. The molecule has 0 unspecified atom stereocenters. The van der Waals surface area contributed by atoms with Crippen LogP contribution in [0.2, 0.25) is 5.02 Å². The highest BCUT2D eigenvalue weighted by Crippen LogP contribution is 2.25. The Labute approximate surface area is 194 Å². The number of barbiturate groups is 1. The fraction of sp³-hybridized carbons (Fsp3) is 0.0833. The van der Waals surface area contributed by atoms with Crippen LogP contribution in [0.15, 0.2) is 66.2 Å². The maximum Gasteiger partial charge on any atom is 0.335 e. The molecule has 0 atom stereocenters. The Bertz CT molecular complexity index is 1310. The van der Waals surface area contributed by atoms with Crippen molar-refractivity contribution < 1.29 is 19.2 Å². The van der Waals surface area contributed by atoms with Gasteiger partial charge in [-0.3, -0.25) is 29.8 Å². The van der Waals surface area contributed by atoms with Crippen LogP contribution in [0.25, 0.3) is 6.08 Å². The Morgan fingerprint density at radius 2 is 1.67 bits per heavy atom. The van der Waals surface area contributed by atoms with Crippen molar-refractivity contribution >= 4 is 47.1 Å². The second-order valence-corrected chi connectivity index (χ2v) is 7.84. The molecule has 1 aliphatic heterocycles. The van der Waals surface area contributed by atoms with Crippen LogP contribution in [0.3, 0.4) is 0 Å². The second-order valence-electron chi connectivity index (χ2n) is 7.40. The molecule has 33 heavy (non-hydrogen) atoms. The molecule has 3 aromatic rings. The first-order valence-electron chi connectivity index (χ1n) is 9.98. The summed E-state index contributed by atoms with van der Waals surface area (Å²) in [7, 11) is 0. The highest BCUT2D eigenvalue weighted by atomic mass is 35.5. The molecule has 1 fully saturated rings. The standard InChI is InChI=1S/C24H19ClN4O4/c1-14-12-17(15(2)29(14)27-21(30)16-6-4-3-5-7-16)13-20-22(31)26-24(33)28(23(20)32)19-10-8-18(25)9-11-19/h3-13H,1-2H3,(H,27,30)(H,26,31,33)/b20-13+. The predicted molar refractivity (Wildman–Crippen MR) is 124 cm³/mol. The number of carbonyl (C=O) groups excluding carboxylic acids is 4. The number of urea groups is 1. The summed E-state index contributed by atoms with van der Waals surface area (Å²) in [6.07, 6.45) is 1.40. The van der Waals surface area contributed by atoms with E-state index < -0.39 is 17.8 Å². The first kappa shape index (κ1) is 22.0. The lowest BCUT2D eigenvalue weighted by Crippen LogP contribution is -2.54. The number of anilines is 1. The highest BCUT2D eigenvalue weighted by molar-refractivity contribution is 6.39. The lowest BCUT2D eigenvalue weighted by molar-refractivity contribution is -0.122. The molecule has 1 saturated heterocycles. The SMILES string of the molecule is Cc1cc(/C=C2\C(=O)NC(=O)N(c3ccc(Cl)cc3)C2=O)c(C)n1NC(=O)c1ccccc1. The number of aryl methyl sites for hydroxylation is 1. The zero-order chi connectivity index (χ0) is 23.7. The number of imide groups is 2. The van der Waals surface area contributed by atoms with Crippen LogP contribution < -0.4 is 15.6 Å². The van der Waals surface area contributed by atoms with E-state index in [1.54, 1.807) is 61.0 Å². The normalized spacial score (nSPS) is 15.1. The summed E-state index contributed by atoms with van der Waals surface area (Å²) in [6, 6.07) is 15.7. The number of benzene rings is 2. The Balaban J connectivity index is 1.66. The topological polar surface area (TPSA) is 101 Å². The molecule has 4 rings (SSSR count). The van der Waals surface area contributed by atoms with Crippen molar-refractivity contribution in [2.45, 2.75) is 13.8 Å². The lowest BCUT2D eigenvalue weighted by atomic mass is 10.1. The number of halogens is 1. The number of carbonyl (C=O) groups is 4. The number of amides is 5. The number of rotatable bonds is 4. The number of nitrogens with zero attached hydrogens (tertiary/aromatic N) is 2. The quantitative estimate of drug-likeness (QED) is 0.454. The van der Waals surface area contributed by atoms with Crippen molar-refractivity contribution in [2.24, 2.45) is 0 Å². The minimum absolute atomic E-state index is 0.209. The Morgan fingerprint density at radius 3 is 2.33 bits per heavy atom. The van der Waals surface area contributed by atoms with Gasteiger partial charge in [0.05, 0.1) is 5.69 Å². The molecular weight excluding hydrogens is 444 g/mol. The van der Waals surface area contributed by atoms with Gasteiger partial charge in [0.1, 0.15) is 5.57 Å². The van der Waals surface area contributed by atoms with Crippen molar-refractivity contribution in [2.75, 3.05) is 10.3 Å². The maximum absolute atomic E-state index is 13.1. The molecule has 0 spiro atoms. The van der Waals surface area contributed by atoms with E-state index in [1.807, 2.05) is 6.07 Å². The smallest absolute Gasteiger partial charge is 0.273 e. The molecule has 2 heterocycles. The van der Waals surface area contributed by atoms with E-state index in [2.05, 4.69) is 10.7 Å². The third-order valence-corrected chi connectivity index (χ3v) is 5.46. The van der Waals surface area contributed by atoms with Gasteiger partial charge in [-0.05, 0) is 68.0 Å². The van der Waals surface area contributed by atoms with E-state index in [0.29, 0.717) is 27.5 Å². The van der Waals surface area contributed by atoms with Crippen molar-refractivity contribution in [1.29, 1.82) is 0 Å². The third kappa shape index (κ3) is 4.28. The van der Waals surface area contributed by atoms with E-state index in [4.69, 9.17) is 11.6 Å². The van der Waals surface area contributed by atoms with Gasteiger partial charge >= 0.3 is 6.03 Å². The molecule has 0 radical (unpaired) electrons. The number of nitrogens with one attached hydrogen (secondary N) is 2. The van der Waals surface area contributed by atoms with E-state index in [1.165, 1.54) is 18.2 Å². The zero-order valence-electron chi connectivity index (χ0n) is 17.8. The third-order valence-electron chi connectivity index (χ3n) is 5.21. The Morgan fingerprint density at radius 1 is 1.00 bits per heavy atom. The van der Waals surface area contributed by atoms with Crippen molar-refractivity contribution in [3.63, 3.8) is 0 Å². The molecule has 1 aliphatic rings. The monoisotopic (exact) mass is 462 g/mol. The lowest BCUT2D eigenvalue weighted by Gasteiger charge is -2.26.